The van der Waals surface area contributed by atoms with Crippen LogP contribution in [0.4, 0.5) is 5.69 Å². The highest BCUT2D eigenvalue weighted by atomic mass is 35.5. The van der Waals surface area contributed by atoms with Crippen LogP contribution in [0.25, 0.3) is 0 Å². The molecule has 0 fully saturated rings. The van der Waals surface area contributed by atoms with Crippen LogP contribution in [0.5, 0.6) is 0 Å². The van der Waals surface area contributed by atoms with Gasteiger partial charge in [0.1, 0.15) is 0 Å². The minimum Gasteiger partial charge on any atom is -0.375 e. The number of nitrogens with zero attached hydrogens (tertiary/aromatic N) is 1. The average Bonchev–Trinajstić information content (AvgIpc) is 3.05. The van der Waals surface area contributed by atoms with Gasteiger partial charge in [0.25, 0.3) is 5.91 Å². The van der Waals surface area contributed by atoms with Crippen molar-refractivity contribution in [2.24, 2.45) is 0 Å². The number of thiophene rings is 1. The molecule has 116 valence electrons. The standard InChI is InChI=1S/C17H12ClNO3S/c1-2-9-19-12-6-4-3-5-11(12)17(22,16(19)21)10-13(20)14-7-8-15(18)23-14/h1,3-8,22H,9-10H2/t17-/m0/s1. The summed E-state index contributed by atoms with van der Waals surface area (Å²) in [5.74, 6) is 1.49. The normalized spacial score (nSPS) is 19.5. The summed E-state index contributed by atoms with van der Waals surface area (Å²) in [6.07, 6.45) is 4.96. The molecule has 0 unspecified atom stereocenters. The minimum absolute atomic E-state index is 0.0389. The van der Waals surface area contributed by atoms with Crippen molar-refractivity contribution in [3.05, 3.63) is 51.2 Å². The molecule has 1 aromatic carbocycles. The number of terminal acetylenes is 1. The van der Waals surface area contributed by atoms with E-state index in [1.165, 1.54) is 4.90 Å². The lowest BCUT2D eigenvalue weighted by atomic mass is 9.89. The summed E-state index contributed by atoms with van der Waals surface area (Å²) in [6.45, 7) is 0.0389. The number of para-hydroxylation sites is 1. The molecule has 23 heavy (non-hydrogen) atoms. The predicted octanol–water partition coefficient (Wildman–Crippen LogP) is 2.84. The van der Waals surface area contributed by atoms with Gasteiger partial charge in [-0.15, -0.1) is 17.8 Å². The average molecular weight is 346 g/mol. The number of carbonyl (C=O) groups is 2. The van der Waals surface area contributed by atoms with Crippen molar-refractivity contribution in [3.63, 3.8) is 0 Å². The van der Waals surface area contributed by atoms with Gasteiger partial charge in [-0.2, -0.15) is 0 Å². The van der Waals surface area contributed by atoms with Gasteiger partial charge in [0, 0.05) is 5.56 Å². The molecule has 0 saturated carbocycles. The number of fused-ring (bicyclic) bond motifs is 1. The van der Waals surface area contributed by atoms with Gasteiger partial charge in [0.05, 0.1) is 27.9 Å². The number of Topliss-reactive ketones (excluding diaryl/α,β-unsaturated/α-hetero) is 1. The second kappa shape index (κ2) is 5.82. The second-order valence-corrected chi connectivity index (χ2v) is 6.89. The van der Waals surface area contributed by atoms with Gasteiger partial charge in [-0.25, -0.2) is 0 Å². The maximum Gasteiger partial charge on any atom is 0.265 e. The van der Waals surface area contributed by atoms with Crippen molar-refractivity contribution in [2.45, 2.75) is 12.0 Å². The summed E-state index contributed by atoms with van der Waals surface area (Å²) in [6, 6.07) is 10.0. The van der Waals surface area contributed by atoms with Gasteiger partial charge in [-0.1, -0.05) is 35.7 Å². The molecule has 3 rings (SSSR count). The third-order valence-electron chi connectivity index (χ3n) is 3.75. The number of hydrogen-bond donors (Lipinski definition) is 1. The molecule has 0 saturated heterocycles. The monoisotopic (exact) mass is 345 g/mol. The summed E-state index contributed by atoms with van der Waals surface area (Å²) >= 11 is 6.96. The van der Waals surface area contributed by atoms with Gasteiger partial charge in [-0.3, -0.25) is 14.5 Å². The zero-order valence-electron chi connectivity index (χ0n) is 12.0. The number of aliphatic hydroxyl groups is 1. The van der Waals surface area contributed by atoms with Crippen LogP contribution in [0.2, 0.25) is 4.34 Å². The quantitative estimate of drug-likeness (QED) is 0.684. The van der Waals surface area contributed by atoms with Crippen LogP contribution in [-0.4, -0.2) is 23.3 Å². The Kier molecular flexibility index (Phi) is 3.99. The first kappa shape index (κ1) is 15.8. The van der Waals surface area contributed by atoms with E-state index in [4.69, 9.17) is 18.0 Å². The summed E-state index contributed by atoms with van der Waals surface area (Å²) in [7, 11) is 0. The molecule has 0 radical (unpaired) electrons. The fourth-order valence-corrected chi connectivity index (χ4v) is 3.69. The van der Waals surface area contributed by atoms with Gasteiger partial charge < -0.3 is 5.11 Å². The van der Waals surface area contributed by atoms with E-state index in [1.807, 2.05) is 0 Å². The molecule has 6 heteroatoms. The number of rotatable bonds is 4. The van der Waals surface area contributed by atoms with E-state index in [2.05, 4.69) is 5.92 Å². The molecule has 0 bridgehead atoms. The van der Waals surface area contributed by atoms with Crippen molar-refractivity contribution >= 4 is 40.3 Å². The summed E-state index contributed by atoms with van der Waals surface area (Å²) in [5.41, 5.74) is -0.965. The SMILES string of the molecule is C#CCN1C(=O)[C@](O)(CC(=O)c2ccc(Cl)s2)c2ccccc21. The van der Waals surface area contributed by atoms with Gasteiger partial charge in [-0.05, 0) is 18.2 Å². The van der Waals surface area contributed by atoms with Crippen LogP contribution in [0.3, 0.4) is 0 Å². The van der Waals surface area contributed by atoms with Gasteiger partial charge >= 0.3 is 0 Å². The number of amides is 1. The number of anilines is 1. The largest absolute Gasteiger partial charge is 0.375 e. The lowest BCUT2D eigenvalue weighted by Crippen LogP contribution is -2.41. The van der Waals surface area contributed by atoms with Crippen molar-refractivity contribution in [3.8, 4) is 12.3 Å². The smallest absolute Gasteiger partial charge is 0.265 e. The van der Waals surface area contributed by atoms with Crippen LogP contribution in [0.1, 0.15) is 21.7 Å². The number of benzene rings is 1. The first-order valence-electron chi connectivity index (χ1n) is 6.83. The molecule has 2 heterocycles. The Balaban J connectivity index is 1.99. The highest BCUT2D eigenvalue weighted by Gasteiger charge is 2.50. The zero-order valence-corrected chi connectivity index (χ0v) is 13.5. The summed E-state index contributed by atoms with van der Waals surface area (Å²) < 4.78 is 0.479. The van der Waals surface area contributed by atoms with E-state index in [1.54, 1.807) is 36.4 Å². The van der Waals surface area contributed by atoms with Crippen molar-refractivity contribution < 1.29 is 14.7 Å². The first-order valence-corrected chi connectivity index (χ1v) is 8.02. The lowest BCUT2D eigenvalue weighted by Gasteiger charge is -2.21. The Labute approximate surface area is 142 Å². The molecule has 1 amide bonds. The Morgan fingerprint density at radius 1 is 1.35 bits per heavy atom. The van der Waals surface area contributed by atoms with Crippen LogP contribution in [-0.2, 0) is 10.4 Å². The fourth-order valence-electron chi connectivity index (χ4n) is 2.71. The molecule has 1 aliphatic rings. The van der Waals surface area contributed by atoms with E-state index in [9.17, 15) is 14.7 Å². The zero-order chi connectivity index (χ0) is 16.6. The van der Waals surface area contributed by atoms with Crippen molar-refractivity contribution in [1.82, 2.24) is 0 Å². The van der Waals surface area contributed by atoms with Crippen molar-refractivity contribution in [2.75, 3.05) is 11.4 Å². The Morgan fingerprint density at radius 2 is 2.09 bits per heavy atom. The maximum atomic E-state index is 12.7. The minimum atomic E-state index is -1.90. The van der Waals surface area contributed by atoms with Gasteiger partial charge in [0.15, 0.2) is 11.4 Å². The van der Waals surface area contributed by atoms with E-state index in [-0.39, 0.29) is 18.7 Å². The van der Waals surface area contributed by atoms with Crippen molar-refractivity contribution in [1.29, 1.82) is 0 Å². The third-order valence-corrected chi connectivity index (χ3v) is 5.03. The topological polar surface area (TPSA) is 57.6 Å². The molecule has 1 aliphatic heterocycles. The molecular formula is C17H12ClNO3S. The van der Waals surface area contributed by atoms with E-state index < -0.39 is 11.5 Å². The Bertz CT molecular complexity index is 838. The maximum absolute atomic E-state index is 12.7. The van der Waals surface area contributed by atoms with Crippen LogP contribution < -0.4 is 4.90 Å². The molecule has 2 aromatic rings. The molecular weight excluding hydrogens is 334 g/mol. The highest BCUT2D eigenvalue weighted by Crippen LogP contribution is 2.43. The highest BCUT2D eigenvalue weighted by molar-refractivity contribution is 7.18. The molecule has 1 N–H and O–H groups in total. The molecule has 1 atom stereocenters. The second-order valence-electron chi connectivity index (χ2n) is 5.18. The predicted molar refractivity (Wildman–Crippen MR) is 89.8 cm³/mol. The fraction of sp³-hybridized carbons (Fsp3) is 0.176. The summed E-state index contributed by atoms with van der Waals surface area (Å²) in [5, 5.41) is 10.9. The molecule has 0 spiro atoms. The molecule has 4 nitrogen and oxygen atoms in total. The van der Waals surface area contributed by atoms with E-state index in [0.717, 1.165) is 11.3 Å². The van der Waals surface area contributed by atoms with Gasteiger partial charge in [0.2, 0.25) is 0 Å². The molecule has 1 aromatic heterocycles. The van der Waals surface area contributed by atoms with E-state index >= 15 is 0 Å². The Morgan fingerprint density at radius 3 is 2.74 bits per heavy atom. The third kappa shape index (κ3) is 2.55. The van der Waals surface area contributed by atoms with E-state index in [0.29, 0.717) is 20.5 Å². The number of halogens is 1. The molecule has 0 aliphatic carbocycles. The lowest BCUT2D eigenvalue weighted by molar-refractivity contribution is -0.135. The van der Waals surface area contributed by atoms with Crippen LogP contribution in [0.15, 0.2) is 36.4 Å². The summed E-state index contributed by atoms with van der Waals surface area (Å²) in [4.78, 5) is 26.8. The number of carbonyl (C=O) groups excluding carboxylic acids is 2. The van der Waals surface area contributed by atoms with Crippen LogP contribution >= 0.6 is 22.9 Å². The first-order chi connectivity index (χ1) is 11.0. The number of ketones is 1. The Hall–Kier alpha value is -2.13. The number of hydrogen-bond acceptors (Lipinski definition) is 4. The van der Waals surface area contributed by atoms with Crippen LogP contribution in [0, 0.1) is 12.3 Å².